The standard InChI is InChI=1S/C14H12FNOS/c1-9-12(15)3-2-4-13(9)16-14(17)10-5-7-11(18)8-6-10/h2-8,18H,1H3,(H,16,17). The molecule has 1 amide bonds. The number of carbonyl (C=O) groups is 1. The molecule has 0 unspecified atom stereocenters. The van der Waals surface area contributed by atoms with Crippen molar-refractivity contribution in [3.63, 3.8) is 0 Å². The SMILES string of the molecule is Cc1c(F)cccc1NC(=O)c1ccc(S)cc1. The maximum atomic E-state index is 13.3. The molecule has 0 aliphatic carbocycles. The lowest BCUT2D eigenvalue weighted by atomic mass is 10.1. The zero-order chi connectivity index (χ0) is 13.1. The first-order valence-corrected chi connectivity index (χ1v) is 5.88. The maximum Gasteiger partial charge on any atom is 0.255 e. The summed E-state index contributed by atoms with van der Waals surface area (Å²) in [6.45, 7) is 1.63. The summed E-state index contributed by atoms with van der Waals surface area (Å²) in [5, 5.41) is 2.68. The van der Waals surface area contributed by atoms with Crippen LogP contribution in [0.4, 0.5) is 10.1 Å². The van der Waals surface area contributed by atoms with Crippen molar-refractivity contribution < 1.29 is 9.18 Å². The Labute approximate surface area is 110 Å². The Balaban J connectivity index is 2.21. The molecule has 0 saturated heterocycles. The summed E-state index contributed by atoms with van der Waals surface area (Å²) in [5.41, 5.74) is 1.42. The van der Waals surface area contributed by atoms with Crippen LogP contribution in [0, 0.1) is 12.7 Å². The molecule has 0 aromatic heterocycles. The maximum absolute atomic E-state index is 13.3. The number of halogens is 1. The van der Waals surface area contributed by atoms with Crippen molar-refractivity contribution in [3.8, 4) is 0 Å². The Morgan fingerprint density at radius 2 is 1.83 bits per heavy atom. The summed E-state index contributed by atoms with van der Waals surface area (Å²) in [6.07, 6.45) is 0. The molecule has 0 fully saturated rings. The van der Waals surface area contributed by atoms with Gasteiger partial charge in [0, 0.05) is 21.7 Å². The van der Waals surface area contributed by atoms with Gasteiger partial charge in [-0.05, 0) is 43.3 Å². The molecule has 0 heterocycles. The molecule has 92 valence electrons. The number of carbonyl (C=O) groups excluding carboxylic acids is 1. The highest BCUT2D eigenvalue weighted by Crippen LogP contribution is 2.18. The Hall–Kier alpha value is -1.81. The van der Waals surface area contributed by atoms with Crippen molar-refractivity contribution in [2.75, 3.05) is 5.32 Å². The number of anilines is 1. The summed E-state index contributed by atoms with van der Waals surface area (Å²) in [5.74, 6) is -0.601. The molecular weight excluding hydrogens is 249 g/mol. The fourth-order valence-corrected chi connectivity index (χ4v) is 1.70. The second-order valence-corrected chi connectivity index (χ2v) is 4.43. The Morgan fingerprint density at radius 3 is 2.50 bits per heavy atom. The largest absolute Gasteiger partial charge is 0.322 e. The fourth-order valence-electron chi connectivity index (χ4n) is 1.55. The first kappa shape index (κ1) is 12.6. The van der Waals surface area contributed by atoms with Crippen LogP contribution in [0.3, 0.4) is 0 Å². The second kappa shape index (κ2) is 5.23. The highest BCUT2D eigenvalue weighted by atomic mass is 32.1. The van der Waals surface area contributed by atoms with Crippen molar-refractivity contribution in [2.45, 2.75) is 11.8 Å². The average Bonchev–Trinajstić information content (AvgIpc) is 2.36. The van der Waals surface area contributed by atoms with E-state index in [9.17, 15) is 9.18 Å². The summed E-state index contributed by atoms with van der Waals surface area (Å²) >= 11 is 4.15. The molecule has 0 bridgehead atoms. The molecule has 0 spiro atoms. The fraction of sp³-hybridized carbons (Fsp3) is 0.0714. The number of nitrogens with one attached hydrogen (secondary N) is 1. The van der Waals surface area contributed by atoms with E-state index in [0.717, 1.165) is 4.90 Å². The van der Waals surface area contributed by atoms with Gasteiger partial charge in [-0.1, -0.05) is 6.07 Å². The van der Waals surface area contributed by atoms with E-state index in [-0.39, 0.29) is 11.7 Å². The molecule has 2 rings (SSSR count). The second-order valence-electron chi connectivity index (χ2n) is 3.91. The molecule has 0 atom stereocenters. The number of thiol groups is 1. The minimum atomic E-state index is -0.335. The van der Waals surface area contributed by atoms with Crippen LogP contribution in [-0.2, 0) is 0 Å². The summed E-state index contributed by atoms with van der Waals surface area (Å²) in [7, 11) is 0. The van der Waals surface area contributed by atoms with Crippen LogP contribution in [0.25, 0.3) is 0 Å². The van der Waals surface area contributed by atoms with E-state index < -0.39 is 0 Å². The quantitative estimate of drug-likeness (QED) is 0.793. The van der Waals surface area contributed by atoms with Gasteiger partial charge < -0.3 is 5.32 Å². The van der Waals surface area contributed by atoms with E-state index in [0.29, 0.717) is 16.8 Å². The predicted molar refractivity (Wildman–Crippen MR) is 72.8 cm³/mol. The normalized spacial score (nSPS) is 10.2. The minimum absolute atomic E-state index is 0.267. The zero-order valence-corrected chi connectivity index (χ0v) is 10.7. The van der Waals surface area contributed by atoms with E-state index in [4.69, 9.17) is 0 Å². The molecule has 0 radical (unpaired) electrons. The van der Waals surface area contributed by atoms with Gasteiger partial charge in [-0.25, -0.2) is 4.39 Å². The molecule has 0 aliphatic rings. The summed E-state index contributed by atoms with van der Waals surface area (Å²) in [4.78, 5) is 12.7. The Bertz CT molecular complexity index is 581. The van der Waals surface area contributed by atoms with Crippen molar-refractivity contribution in [2.24, 2.45) is 0 Å². The van der Waals surface area contributed by atoms with Gasteiger partial charge in [0.05, 0.1) is 0 Å². The third-order valence-corrected chi connectivity index (χ3v) is 2.94. The van der Waals surface area contributed by atoms with Crippen LogP contribution in [0.1, 0.15) is 15.9 Å². The lowest BCUT2D eigenvalue weighted by molar-refractivity contribution is 0.102. The van der Waals surface area contributed by atoms with Crippen molar-refractivity contribution in [1.82, 2.24) is 0 Å². The van der Waals surface area contributed by atoms with Gasteiger partial charge in [0.25, 0.3) is 5.91 Å². The van der Waals surface area contributed by atoms with Gasteiger partial charge in [-0.15, -0.1) is 12.6 Å². The van der Waals surface area contributed by atoms with Crippen LogP contribution in [0.5, 0.6) is 0 Å². The van der Waals surface area contributed by atoms with Gasteiger partial charge >= 0.3 is 0 Å². The van der Waals surface area contributed by atoms with Crippen LogP contribution < -0.4 is 5.32 Å². The summed E-state index contributed by atoms with van der Waals surface area (Å²) < 4.78 is 13.3. The van der Waals surface area contributed by atoms with Crippen molar-refractivity contribution >= 4 is 24.2 Å². The molecular formula is C14H12FNOS. The molecule has 2 aromatic carbocycles. The third kappa shape index (κ3) is 2.71. The number of amides is 1. The van der Waals surface area contributed by atoms with Gasteiger partial charge in [0.15, 0.2) is 0 Å². The average molecular weight is 261 g/mol. The molecule has 1 N–H and O–H groups in total. The van der Waals surface area contributed by atoms with Gasteiger partial charge in [-0.2, -0.15) is 0 Å². The molecule has 0 aliphatic heterocycles. The molecule has 18 heavy (non-hydrogen) atoms. The van der Waals surface area contributed by atoms with Gasteiger partial charge in [0.2, 0.25) is 0 Å². The van der Waals surface area contributed by atoms with Gasteiger partial charge in [-0.3, -0.25) is 4.79 Å². The monoisotopic (exact) mass is 261 g/mol. The van der Waals surface area contributed by atoms with E-state index >= 15 is 0 Å². The number of rotatable bonds is 2. The first-order chi connectivity index (χ1) is 8.58. The summed E-state index contributed by atoms with van der Waals surface area (Å²) in [6, 6.07) is 11.4. The van der Waals surface area contributed by atoms with Crippen LogP contribution in [-0.4, -0.2) is 5.91 Å². The van der Waals surface area contributed by atoms with Crippen LogP contribution in [0.15, 0.2) is 47.4 Å². The minimum Gasteiger partial charge on any atom is -0.322 e. The highest BCUT2D eigenvalue weighted by molar-refractivity contribution is 7.80. The number of hydrogen-bond donors (Lipinski definition) is 2. The molecule has 4 heteroatoms. The highest BCUT2D eigenvalue weighted by Gasteiger charge is 2.09. The van der Waals surface area contributed by atoms with E-state index in [1.54, 1.807) is 43.3 Å². The number of benzene rings is 2. The first-order valence-electron chi connectivity index (χ1n) is 5.43. The van der Waals surface area contributed by atoms with Crippen molar-refractivity contribution in [1.29, 1.82) is 0 Å². The third-order valence-electron chi connectivity index (χ3n) is 2.65. The molecule has 2 aromatic rings. The Morgan fingerprint density at radius 1 is 1.17 bits per heavy atom. The lowest BCUT2D eigenvalue weighted by Crippen LogP contribution is -2.13. The van der Waals surface area contributed by atoms with E-state index in [1.807, 2.05) is 0 Å². The Kier molecular flexibility index (Phi) is 3.67. The molecule has 0 saturated carbocycles. The topological polar surface area (TPSA) is 29.1 Å². The van der Waals surface area contributed by atoms with Crippen LogP contribution >= 0.6 is 12.6 Å². The predicted octanol–water partition coefficient (Wildman–Crippen LogP) is 3.68. The zero-order valence-electron chi connectivity index (χ0n) is 9.77. The molecule has 2 nitrogen and oxygen atoms in total. The smallest absolute Gasteiger partial charge is 0.255 e. The van der Waals surface area contributed by atoms with Crippen molar-refractivity contribution in [3.05, 3.63) is 59.4 Å². The lowest BCUT2D eigenvalue weighted by Gasteiger charge is -2.08. The number of hydrogen-bond acceptors (Lipinski definition) is 2. The van der Waals surface area contributed by atoms with E-state index in [2.05, 4.69) is 17.9 Å². The van der Waals surface area contributed by atoms with E-state index in [1.165, 1.54) is 6.07 Å². The van der Waals surface area contributed by atoms with Gasteiger partial charge in [0.1, 0.15) is 5.82 Å². The van der Waals surface area contributed by atoms with Crippen LogP contribution in [0.2, 0.25) is 0 Å².